The first-order valence-electron chi connectivity index (χ1n) is 14.3. The Kier molecular flexibility index (Phi) is 13.1. The maximum atomic E-state index is 12.4. The van der Waals surface area contributed by atoms with Crippen LogP contribution in [-0.4, -0.2) is 39.2 Å². The van der Waals surface area contributed by atoms with Crippen LogP contribution in [0.15, 0.2) is 67.4 Å². The predicted molar refractivity (Wildman–Crippen MR) is 160 cm³/mol. The van der Waals surface area contributed by atoms with Crippen molar-refractivity contribution in [1.29, 1.82) is 0 Å². The fourth-order valence-corrected chi connectivity index (χ4v) is 4.63. The second kappa shape index (κ2) is 17.1. The van der Waals surface area contributed by atoms with E-state index >= 15 is 0 Å². The summed E-state index contributed by atoms with van der Waals surface area (Å²) in [5, 5.41) is 14.7. The van der Waals surface area contributed by atoms with Crippen molar-refractivity contribution >= 4 is 28.6 Å². The Bertz CT molecular complexity index is 1200. The van der Waals surface area contributed by atoms with Crippen molar-refractivity contribution in [2.45, 2.75) is 71.1 Å². The van der Waals surface area contributed by atoms with E-state index in [1.54, 1.807) is 12.3 Å². The zero-order valence-electron chi connectivity index (χ0n) is 23.2. The molecule has 39 heavy (non-hydrogen) atoms. The van der Waals surface area contributed by atoms with Gasteiger partial charge < -0.3 is 10.4 Å². The van der Waals surface area contributed by atoms with Crippen molar-refractivity contribution in [2.75, 3.05) is 18.5 Å². The molecule has 0 aliphatic rings. The third kappa shape index (κ3) is 10.6. The number of aromatic nitrogens is 3. The summed E-state index contributed by atoms with van der Waals surface area (Å²) in [6.07, 6.45) is 16.3. The number of benzene rings is 1. The van der Waals surface area contributed by atoms with Gasteiger partial charge in [-0.2, -0.15) is 0 Å². The average molecular weight is 530 g/mol. The largest absolute Gasteiger partial charge is 0.396 e. The average Bonchev–Trinajstić information content (AvgIpc) is 2.95. The van der Waals surface area contributed by atoms with E-state index in [4.69, 9.17) is 10.1 Å². The number of nitrogens with zero attached hydrogens (tertiary/aromatic N) is 3. The minimum Gasteiger partial charge on any atom is -0.396 e. The van der Waals surface area contributed by atoms with Crippen molar-refractivity contribution in [3.63, 3.8) is 0 Å². The second-order valence-corrected chi connectivity index (χ2v) is 9.92. The molecule has 0 radical (unpaired) electrons. The monoisotopic (exact) mass is 529 g/mol. The van der Waals surface area contributed by atoms with Gasteiger partial charge in [-0.1, -0.05) is 81.7 Å². The third-order valence-electron chi connectivity index (χ3n) is 6.74. The summed E-state index contributed by atoms with van der Waals surface area (Å²) < 4.78 is 0. The molecule has 0 spiro atoms. The molecule has 0 aliphatic heterocycles. The summed E-state index contributed by atoms with van der Waals surface area (Å²) in [7, 11) is 0. The fraction of sp³-hybridized carbons (Fsp3) is 0.438. The van der Waals surface area contributed by atoms with Crippen LogP contribution in [0, 0.1) is 5.92 Å². The lowest BCUT2D eigenvalue weighted by molar-refractivity contribution is 0.252. The van der Waals surface area contributed by atoms with Gasteiger partial charge in [0.25, 0.3) is 0 Å². The number of allylic oxidation sites excluding steroid dienone is 3. The molecule has 0 fully saturated rings. The van der Waals surface area contributed by atoms with Crippen LogP contribution >= 0.6 is 0 Å². The van der Waals surface area contributed by atoms with Crippen LogP contribution < -0.4 is 10.6 Å². The number of hydrogen-bond acceptors (Lipinski definition) is 5. The lowest BCUT2D eigenvalue weighted by Gasteiger charge is -2.14. The number of nitrogens with one attached hydrogen (secondary N) is 2. The highest BCUT2D eigenvalue weighted by molar-refractivity contribution is 5.89. The Balaban J connectivity index is 1.57. The van der Waals surface area contributed by atoms with Crippen molar-refractivity contribution in [3.8, 4) is 0 Å². The Morgan fingerprint density at radius 1 is 1.00 bits per heavy atom. The Morgan fingerprint density at radius 3 is 2.59 bits per heavy atom. The molecule has 0 bridgehead atoms. The molecule has 0 aliphatic carbocycles. The van der Waals surface area contributed by atoms with E-state index in [9.17, 15) is 4.79 Å². The maximum absolute atomic E-state index is 12.4. The molecule has 2 amide bonds. The van der Waals surface area contributed by atoms with Gasteiger partial charge in [0.1, 0.15) is 11.3 Å². The molecule has 1 aromatic carbocycles. The molecule has 3 aromatic rings. The van der Waals surface area contributed by atoms with Crippen LogP contribution in [-0.2, 0) is 6.42 Å². The van der Waals surface area contributed by atoms with E-state index in [1.165, 1.54) is 5.56 Å². The molecule has 208 valence electrons. The highest BCUT2D eigenvalue weighted by atomic mass is 16.2. The van der Waals surface area contributed by atoms with E-state index in [0.29, 0.717) is 29.4 Å². The first-order valence-corrected chi connectivity index (χ1v) is 14.3. The van der Waals surface area contributed by atoms with Gasteiger partial charge in [0.05, 0.1) is 11.9 Å². The molecule has 7 nitrogen and oxygen atoms in total. The lowest BCUT2D eigenvalue weighted by atomic mass is 9.93. The first-order chi connectivity index (χ1) is 19.1. The number of anilines is 1. The topological polar surface area (TPSA) is 100 Å². The van der Waals surface area contributed by atoms with Gasteiger partial charge in [-0.05, 0) is 67.7 Å². The normalized spacial score (nSPS) is 12.3. The van der Waals surface area contributed by atoms with Gasteiger partial charge in [0.15, 0.2) is 5.65 Å². The van der Waals surface area contributed by atoms with Gasteiger partial charge in [0.2, 0.25) is 0 Å². The van der Waals surface area contributed by atoms with Crippen molar-refractivity contribution in [1.82, 2.24) is 20.3 Å². The molecule has 1 unspecified atom stereocenters. The summed E-state index contributed by atoms with van der Waals surface area (Å²) >= 11 is 0. The third-order valence-corrected chi connectivity index (χ3v) is 6.74. The standard InChI is InChI=1S/C32H43N5O2/c1-3-14-26(18-8-5-6-13-22-38)23-27(4-2)29-24-34-28-19-20-30(36-31(28)35-29)37-32(39)33-21-12-11-17-25-15-9-7-10-16-25/h4,7,9-10,15-16,19-20,23-24,26,38H,2-3,5-6,8,11-14,17-18,21-22H2,1H3,(H2,33,35,36,37,39). The number of aliphatic hydroxyl groups is 1. The molecular weight excluding hydrogens is 486 g/mol. The van der Waals surface area contributed by atoms with Crippen LogP contribution in [0.5, 0.6) is 0 Å². The number of aliphatic hydroxyl groups excluding tert-OH is 1. The summed E-state index contributed by atoms with van der Waals surface area (Å²) in [6, 6.07) is 13.6. The number of rotatable bonds is 17. The zero-order chi connectivity index (χ0) is 27.7. The molecular formula is C32H43N5O2. The minimum absolute atomic E-state index is 0.269. The second-order valence-electron chi connectivity index (χ2n) is 9.92. The number of carbonyl (C=O) groups is 1. The number of carbonyl (C=O) groups excluding carboxylic acids is 1. The van der Waals surface area contributed by atoms with Crippen LogP contribution in [0.4, 0.5) is 10.6 Å². The van der Waals surface area contributed by atoms with E-state index in [1.807, 2.05) is 30.3 Å². The summed E-state index contributed by atoms with van der Waals surface area (Å²) in [5.41, 5.74) is 4.14. The number of unbranched alkanes of at least 4 members (excludes halogenated alkanes) is 4. The van der Waals surface area contributed by atoms with Crippen LogP contribution in [0.25, 0.3) is 16.7 Å². The van der Waals surface area contributed by atoms with E-state index < -0.39 is 0 Å². The molecule has 1 atom stereocenters. The summed E-state index contributed by atoms with van der Waals surface area (Å²) in [5.74, 6) is 0.874. The van der Waals surface area contributed by atoms with Crippen LogP contribution in [0.1, 0.15) is 76.0 Å². The van der Waals surface area contributed by atoms with Crippen molar-refractivity contribution < 1.29 is 9.90 Å². The van der Waals surface area contributed by atoms with Gasteiger partial charge >= 0.3 is 6.03 Å². The van der Waals surface area contributed by atoms with Gasteiger partial charge in [-0.3, -0.25) is 10.3 Å². The Morgan fingerprint density at radius 2 is 1.82 bits per heavy atom. The summed E-state index contributed by atoms with van der Waals surface area (Å²) in [4.78, 5) is 26.2. The van der Waals surface area contributed by atoms with Gasteiger partial charge in [-0.15, -0.1) is 0 Å². The van der Waals surface area contributed by atoms with Crippen molar-refractivity contribution in [3.05, 3.63) is 78.6 Å². The number of fused-ring (bicyclic) bond motifs is 1. The molecule has 0 saturated heterocycles. The summed E-state index contributed by atoms with van der Waals surface area (Å²) in [6.45, 7) is 7.09. The van der Waals surface area contributed by atoms with Crippen LogP contribution in [0.2, 0.25) is 0 Å². The zero-order valence-corrected chi connectivity index (χ0v) is 23.2. The van der Waals surface area contributed by atoms with E-state index in [-0.39, 0.29) is 12.6 Å². The van der Waals surface area contributed by atoms with Crippen molar-refractivity contribution in [2.24, 2.45) is 5.92 Å². The van der Waals surface area contributed by atoms with Crippen LogP contribution in [0.3, 0.4) is 0 Å². The minimum atomic E-state index is -0.279. The fourth-order valence-electron chi connectivity index (χ4n) is 4.63. The van der Waals surface area contributed by atoms with E-state index in [2.05, 4.69) is 52.3 Å². The molecule has 3 N–H and O–H groups in total. The molecule has 3 rings (SSSR count). The number of hydrogen-bond donors (Lipinski definition) is 3. The SMILES string of the molecule is C=CC(=CC(CCC)CCCCCCO)c1cnc2ccc(NC(=O)NCCCCc3ccccc3)nc2n1. The number of pyridine rings is 1. The number of amides is 2. The quantitative estimate of drug-likeness (QED) is 0.128. The molecule has 2 heterocycles. The maximum Gasteiger partial charge on any atom is 0.320 e. The first kappa shape index (κ1) is 30.0. The Hall–Kier alpha value is -3.58. The smallest absolute Gasteiger partial charge is 0.320 e. The lowest BCUT2D eigenvalue weighted by Crippen LogP contribution is -2.29. The predicted octanol–water partition coefficient (Wildman–Crippen LogP) is 7.10. The number of urea groups is 1. The highest BCUT2D eigenvalue weighted by Gasteiger charge is 2.11. The Labute approximate surface area is 232 Å². The molecule has 7 heteroatoms. The number of aryl methyl sites for hydroxylation is 1. The molecule has 0 saturated carbocycles. The highest BCUT2D eigenvalue weighted by Crippen LogP contribution is 2.24. The van der Waals surface area contributed by atoms with E-state index in [0.717, 1.165) is 75.5 Å². The molecule has 2 aromatic heterocycles. The van der Waals surface area contributed by atoms with Gasteiger partial charge in [0, 0.05) is 13.2 Å². The van der Waals surface area contributed by atoms with Gasteiger partial charge in [-0.25, -0.2) is 14.8 Å².